The highest BCUT2D eigenvalue weighted by atomic mass is 16.4. The summed E-state index contributed by atoms with van der Waals surface area (Å²) in [5.41, 5.74) is -0.190. The molecule has 0 spiro atoms. The van der Waals surface area contributed by atoms with Crippen LogP contribution in [0.15, 0.2) is 18.3 Å². The van der Waals surface area contributed by atoms with Crippen LogP contribution < -0.4 is 5.32 Å². The monoisotopic (exact) mass is 273 g/mol. The number of carbonyl (C=O) groups is 1. The average Bonchev–Trinajstić information content (AvgIpc) is 2.72. The number of aromatic nitrogens is 1. The van der Waals surface area contributed by atoms with Gasteiger partial charge in [0.15, 0.2) is 0 Å². The average molecular weight is 273 g/mol. The standard InChI is InChI=1S/C15H19N3O2/c16-9-12-5-6-13(17-10-12)18-11-15(14(19)20)7-3-1-2-4-8-15/h5-6,10H,1-4,7-8,11H2,(H,17,18)(H,19,20). The summed E-state index contributed by atoms with van der Waals surface area (Å²) in [6, 6.07) is 5.40. The quantitative estimate of drug-likeness (QED) is 0.824. The molecule has 2 rings (SSSR count). The summed E-state index contributed by atoms with van der Waals surface area (Å²) in [5.74, 6) is -0.102. The zero-order valence-electron chi connectivity index (χ0n) is 11.4. The molecule has 5 nitrogen and oxygen atoms in total. The fraction of sp³-hybridized carbons (Fsp3) is 0.533. The molecule has 0 radical (unpaired) electrons. The number of carboxylic acid groups (broad SMARTS) is 1. The van der Waals surface area contributed by atoms with Crippen LogP contribution in [0.2, 0.25) is 0 Å². The van der Waals surface area contributed by atoms with E-state index in [0.717, 1.165) is 25.7 Å². The van der Waals surface area contributed by atoms with Crippen LogP contribution in [0.4, 0.5) is 5.82 Å². The zero-order valence-corrected chi connectivity index (χ0v) is 11.4. The first-order chi connectivity index (χ1) is 9.66. The molecule has 0 unspecified atom stereocenters. The molecule has 0 atom stereocenters. The molecule has 0 amide bonds. The lowest BCUT2D eigenvalue weighted by Gasteiger charge is -2.28. The molecule has 5 heteroatoms. The molecule has 1 heterocycles. The SMILES string of the molecule is N#Cc1ccc(NCC2(C(=O)O)CCCCCC2)nc1. The van der Waals surface area contributed by atoms with Gasteiger partial charge in [0, 0.05) is 12.7 Å². The Morgan fingerprint density at radius 2 is 2.05 bits per heavy atom. The maximum absolute atomic E-state index is 11.6. The molecule has 1 aliphatic rings. The number of carboxylic acids is 1. The van der Waals surface area contributed by atoms with E-state index in [1.54, 1.807) is 12.1 Å². The summed E-state index contributed by atoms with van der Waals surface area (Å²) in [5, 5.41) is 21.4. The number of pyridine rings is 1. The van der Waals surface area contributed by atoms with E-state index >= 15 is 0 Å². The number of aliphatic carboxylic acids is 1. The van der Waals surface area contributed by atoms with Crippen molar-refractivity contribution in [3.05, 3.63) is 23.9 Å². The molecule has 1 aromatic heterocycles. The molecule has 1 aromatic rings. The third-order valence-electron chi connectivity index (χ3n) is 4.01. The van der Waals surface area contributed by atoms with Crippen LogP contribution in [0.25, 0.3) is 0 Å². The van der Waals surface area contributed by atoms with E-state index in [4.69, 9.17) is 5.26 Å². The van der Waals surface area contributed by atoms with Gasteiger partial charge in [0.2, 0.25) is 0 Å². The van der Waals surface area contributed by atoms with E-state index < -0.39 is 11.4 Å². The second-order valence-corrected chi connectivity index (χ2v) is 5.40. The molecular weight excluding hydrogens is 254 g/mol. The van der Waals surface area contributed by atoms with Crippen LogP contribution in [0.3, 0.4) is 0 Å². The Balaban J connectivity index is 2.04. The molecule has 1 fully saturated rings. The van der Waals surface area contributed by atoms with E-state index in [1.807, 2.05) is 6.07 Å². The Kier molecular flexibility index (Phi) is 4.57. The maximum Gasteiger partial charge on any atom is 0.311 e. The summed E-state index contributed by atoms with van der Waals surface area (Å²) >= 11 is 0. The lowest BCUT2D eigenvalue weighted by Crippen LogP contribution is -2.37. The van der Waals surface area contributed by atoms with Gasteiger partial charge in [0.05, 0.1) is 11.0 Å². The number of anilines is 1. The molecule has 0 aliphatic heterocycles. The number of rotatable bonds is 4. The van der Waals surface area contributed by atoms with Gasteiger partial charge >= 0.3 is 5.97 Å². The lowest BCUT2D eigenvalue weighted by molar-refractivity contribution is -0.149. The van der Waals surface area contributed by atoms with Crippen molar-refractivity contribution >= 4 is 11.8 Å². The molecule has 1 saturated carbocycles. The van der Waals surface area contributed by atoms with Crippen LogP contribution in [0, 0.1) is 16.7 Å². The predicted molar refractivity (Wildman–Crippen MR) is 75.2 cm³/mol. The van der Waals surface area contributed by atoms with Gasteiger partial charge in [0.1, 0.15) is 11.9 Å². The second kappa shape index (κ2) is 6.38. The Bertz CT molecular complexity index is 497. The van der Waals surface area contributed by atoms with Crippen molar-refractivity contribution in [2.75, 3.05) is 11.9 Å². The lowest BCUT2D eigenvalue weighted by atomic mass is 9.80. The van der Waals surface area contributed by atoms with E-state index in [-0.39, 0.29) is 0 Å². The number of nitrogens with one attached hydrogen (secondary N) is 1. The third-order valence-corrected chi connectivity index (χ3v) is 4.01. The Morgan fingerprint density at radius 1 is 1.35 bits per heavy atom. The highest BCUT2D eigenvalue weighted by Crippen LogP contribution is 2.35. The Labute approximate surface area is 118 Å². The van der Waals surface area contributed by atoms with Crippen molar-refractivity contribution < 1.29 is 9.90 Å². The number of nitrogens with zero attached hydrogens (tertiary/aromatic N) is 2. The van der Waals surface area contributed by atoms with Gasteiger partial charge in [-0.05, 0) is 25.0 Å². The van der Waals surface area contributed by atoms with Crippen LogP contribution in [0.5, 0.6) is 0 Å². The van der Waals surface area contributed by atoms with Crippen LogP contribution >= 0.6 is 0 Å². The fourth-order valence-electron chi connectivity index (χ4n) is 2.70. The topological polar surface area (TPSA) is 86.0 Å². The summed E-state index contributed by atoms with van der Waals surface area (Å²) < 4.78 is 0. The van der Waals surface area contributed by atoms with Crippen LogP contribution in [-0.2, 0) is 4.79 Å². The van der Waals surface area contributed by atoms with Crippen LogP contribution in [0.1, 0.15) is 44.1 Å². The number of hydrogen-bond acceptors (Lipinski definition) is 4. The first-order valence-corrected chi connectivity index (χ1v) is 7.00. The Hall–Kier alpha value is -2.09. The van der Waals surface area contributed by atoms with Crippen LogP contribution in [-0.4, -0.2) is 22.6 Å². The maximum atomic E-state index is 11.6. The normalized spacial score (nSPS) is 17.8. The van der Waals surface area contributed by atoms with Gasteiger partial charge in [-0.15, -0.1) is 0 Å². The van der Waals surface area contributed by atoms with E-state index in [1.165, 1.54) is 6.20 Å². The smallest absolute Gasteiger partial charge is 0.311 e. The van der Waals surface area contributed by atoms with Gasteiger partial charge in [0.25, 0.3) is 0 Å². The number of nitriles is 1. The van der Waals surface area contributed by atoms with Crippen molar-refractivity contribution in [3.8, 4) is 6.07 Å². The summed E-state index contributed by atoms with van der Waals surface area (Å²) in [7, 11) is 0. The molecule has 106 valence electrons. The van der Waals surface area contributed by atoms with Gasteiger partial charge < -0.3 is 10.4 Å². The van der Waals surface area contributed by atoms with Gasteiger partial charge in [-0.25, -0.2) is 4.98 Å². The predicted octanol–water partition coefficient (Wildman–Crippen LogP) is 2.79. The van der Waals surface area contributed by atoms with Crippen molar-refractivity contribution in [1.29, 1.82) is 5.26 Å². The molecule has 20 heavy (non-hydrogen) atoms. The van der Waals surface area contributed by atoms with Crippen molar-refractivity contribution in [1.82, 2.24) is 4.98 Å². The van der Waals surface area contributed by atoms with Gasteiger partial charge in [-0.3, -0.25) is 4.79 Å². The van der Waals surface area contributed by atoms with Crippen molar-refractivity contribution in [2.24, 2.45) is 5.41 Å². The van der Waals surface area contributed by atoms with Crippen molar-refractivity contribution in [2.45, 2.75) is 38.5 Å². The number of hydrogen-bond donors (Lipinski definition) is 2. The minimum Gasteiger partial charge on any atom is -0.481 e. The van der Waals surface area contributed by atoms with Gasteiger partial charge in [-0.1, -0.05) is 25.7 Å². The molecule has 0 bridgehead atoms. The van der Waals surface area contributed by atoms with E-state index in [0.29, 0.717) is 30.8 Å². The van der Waals surface area contributed by atoms with E-state index in [9.17, 15) is 9.90 Å². The first kappa shape index (κ1) is 14.3. The molecule has 1 aliphatic carbocycles. The summed E-state index contributed by atoms with van der Waals surface area (Å²) in [4.78, 5) is 15.8. The third kappa shape index (κ3) is 3.27. The highest BCUT2D eigenvalue weighted by molar-refractivity contribution is 5.75. The summed E-state index contributed by atoms with van der Waals surface area (Å²) in [6.07, 6.45) is 7.08. The largest absolute Gasteiger partial charge is 0.481 e. The second-order valence-electron chi connectivity index (χ2n) is 5.40. The Morgan fingerprint density at radius 3 is 2.55 bits per heavy atom. The van der Waals surface area contributed by atoms with Crippen molar-refractivity contribution in [3.63, 3.8) is 0 Å². The van der Waals surface area contributed by atoms with Gasteiger partial charge in [-0.2, -0.15) is 5.26 Å². The summed E-state index contributed by atoms with van der Waals surface area (Å²) in [6.45, 7) is 0.390. The van der Waals surface area contributed by atoms with E-state index in [2.05, 4.69) is 10.3 Å². The molecular formula is C15H19N3O2. The minimum absolute atomic E-state index is 0.390. The molecule has 0 aromatic carbocycles. The minimum atomic E-state index is -0.722. The highest BCUT2D eigenvalue weighted by Gasteiger charge is 2.38. The molecule has 0 saturated heterocycles. The molecule has 2 N–H and O–H groups in total. The fourth-order valence-corrected chi connectivity index (χ4v) is 2.70. The zero-order chi connectivity index (χ0) is 14.4. The first-order valence-electron chi connectivity index (χ1n) is 7.00.